The molecule has 0 N–H and O–H groups in total. The normalized spacial score (nSPS) is 17.4. The Balaban J connectivity index is 2.52. The van der Waals surface area contributed by atoms with Crippen molar-refractivity contribution < 1.29 is 12.8 Å². The highest BCUT2D eigenvalue weighted by atomic mass is 32.2. The van der Waals surface area contributed by atoms with Crippen LogP contribution in [0.15, 0.2) is 28.0 Å². The first-order chi connectivity index (χ1) is 7.41. The molecule has 0 atom stereocenters. The molecule has 1 aromatic carbocycles. The monoisotopic (exact) mass is 241 g/mol. The number of halogens is 1. The number of nitrogens with zero attached hydrogens (tertiary/aromatic N) is 1. The molecular formula is C11H12FNO2S. The van der Waals surface area contributed by atoms with E-state index in [0.717, 1.165) is 0 Å². The second kappa shape index (κ2) is 3.68. The molecule has 16 heavy (non-hydrogen) atoms. The Bertz CT molecular complexity index is 561. The van der Waals surface area contributed by atoms with Gasteiger partial charge in [0.1, 0.15) is 5.82 Å². The van der Waals surface area contributed by atoms with Crippen LogP contribution in [0.5, 0.6) is 0 Å². The largest absolute Gasteiger partial charge is 0.304 e. The van der Waals surface area contributed by atoms with Crippen LogP contribution in [-0.4, -0.2) is 34.0 Å². The molecule has 0 spiro atoms. The van der Waals surface area contributed by atoms with Crippen molar-refractivity contribution >= 4 is 15.9 Å². The quantitative estimate of drug-likeness (QED) is 0.737. The predicted molar refractivity (Wildman–Crippen MR) is 60.1 cm³/mol. The van der Waals surface area contributed by atoms with Crippen molar-refractivity contribution in [3.63, 3.8) is 0 Å². The Kier molecular flexibility index (Phi) is 2.59. The summed E-state index contributed by atoms with van der Waals surface area (Å²) in [5, 5.41) is 0. The number of rotatable bonds is 2. The maximum absolute atomic E-state index is 13.0. The van der Waals surface area contributed by atoms with Crippen molar-refractivity contribution in [1.29, 1.82) is 0 Å². The third-order valence-electron chi connectivity index (χ3n) is 2.40. The third kappa shape index (κ3) is 1.76. The smallest absolute Gasteiger partial charge is 0.204 e. The molecule has 0 unspecified atom stereocenters. The van der Waals surface area contributed by atoms with Crippen LogP contribution in [0.1, 0.15) is 5.56 Å². The number of benzene rings is 1. The molecule has 1 aromatic rings. The van der Waals surface area contributed by atoms with Gasteiger partial charge in [0.15, 0.2) is 0 Å². The topological polar surface area (TPSA) is 37.4 Å². The van der Waals surface area contributed by atoms with Crippen LogP contribution in [0.25, 0.3) is 6.08 Å². The van der Waals surface area contributed by atoms with Gasteiger partial charge in [-0.1, -0.05) is 0 Å². The lowest BCUT2D eigenvalue weighted by Gasteiger charge is -2.10. The maximum Gasteiger partial charge on any atom is 0.204 e. The zero-order chi connectivity index (χ0) is 11.9. The summed E-state index contributed by atoms with van der Waals surface area (Å²) in [6.45, 7) is 0.332. The van der Waals surface area contributed by atoms with Crippen LogP contribution in [0.3, 0.4) is 0 Å². The molecule has 0 aliphatic carbocycles. The van der Waals surface area contributed by atoms with Crippen molar-refractivity contribution in [1.82, 2.24) is 4.90 Å². The number of likely N-dealkylation sites (N-methyl/N-ethyl adjacent to an activating group) is 1. The molecule has 0 radical (unpaired) electrons. The van der Waals surface area contributed by atoms with Crippen LogP contribution in [0.2, 0.25) is 0 Å². The first kappa shape index (κ1) is 11.3. The van der Waals surface area contributed by atoms with Crippen LogP contribution in [-0.2, 0) is 9.84 Å². The van der Waals surface area contributed by atoms with Gasteiger partial charge in [-0.3, -0.25) is 0 Å². The lowest BCUT2D eigenvalue weighted by molar-refractivity contribution is 0.451. The average molecular weight is 241 g/mol. The van der Waals surface area contributed by atoms with Crippen LogP contribution < -0.4 is 0 Å². The fraction of sp³-hybridized carbons (Fsp3) is 0.273. The summed E-state index contributed by atoms with van der Waals surface area (Å²) < 4.78 is 37.0. The van der Waals surface area contributed by atoms with Gasteiger partial charge in [0, 0.05) is 6.54 Å². The Morgan fingerprint density at radius 2 is 2.00 bits per heavy atom. The molecule has 86 valence electrons. The van der Waals surface area contributed by atoms with Gasteiger partial charge in [-0.25, -0.2) is 12.8 Å². The first-order valence-electron chi connectivity index (χ1n) is 4.81. The molecule has 1 aliphatic heterocycles. The van der Waals surface area contributed by atoms with E-state index in [2.05, 4.69) is 0 Å². The summed E-state index contributed by atoms with van der Waals surface area (Å²) in [7, 11) is 0.178. The summed E-state index contributed by atoms with van der Waals surface area (Å²) in [5.74, 6) is -0.420. The van der Waals surface area contributed by atoms with Gasteiger partial charge in [-0.05, 0) is 43.9 Å². The molecular weight excluding hydrogens is 229 g/mol. The number of sulfone groups is 1. The van der Waals surface area contributed by atoms with Crippen molar-refractivity contribution in [2.45, 2.75) is 4.90 Å². The van der Waals surface area contributed by atoms with Gasteiger partial charge in [0.25, 0.3) is 0 Å². The number of hydrogen-bond acceptors (Lipinski definition) is 3. The molecule has 5 heteroatoms. The number of hydrogen-bond donors (Lipinski definition) is 0. The summed E-state index contributed by atoms with van der Waals surface area (Å²) in [5.41, 5.74) is 0.442. The molecule has 1 heterocycles. The fourth-order valence-corrected chi connectivity index (χ4v) is 3.38. The second-order valence-electron chi connectivity index (χ2n) is 4.03. The molecule has 1 aliphatic rings. The van der Waals surface area contributed by atoms with Crippen molar-refractivity contribution in [2.75, 3.05) is 20.6 Å². The lowest BCUT2D eigenvalue weighted by atomic mass is 10.2. The van der Waals surface area contributed by atoms with E-state index in [1.165, 1.54) is 24.3 Å². The highest BCUT2D eigenvalue weighted by Crippen LogP contribution is 2.33. The zero-order valence-electron chi connectivity index (χ0n) is 9.07. The highest BCUT2D eigenvalue weighted by Gasteiger charge is 2.29. The zero-order valence-corrected chi connectivity index (χ0v) is 9.88. The Morgan fingerprint density at radius 1 is 1.31 bits per heavy atom. The molecule has 0 aromatic heterocycles. The van der Waals surface area contributed by atoms with Crippen molar-refractivity contribution in [3.8, 4) is 0 Å². The van der Waals surface area contributed by atoms with Crippen LogP contribution >= 0.6 is 0 Å². The van der Waals surface area contributed by atoms with Gasteiger partial charge in [0.2, 0.25) is 9.84 Å². The van der Waals surface area contributed by atoms with E-state index in [1.54, 1.807) is 19.0 Å². The van der Waals surface area contributed by atoms with E-state index in [1.807, 2.05) is 0 Å². The molecule has 0 saturated carbocycles. The maximum atomic E-state index is 13.0. The van der Waals surface area contributed by atoms with Crippen LogP contribution in [0, 0.1) is 5.82 Å². The molecule has 2 rings (SSSR count). The minimum absolute atomic E-state index is 0.200. The minimum atomic E-state index is -3.41. The minimum Gasteiger partial charge on any atom is -0.304 e. The van der Waals surface area contributed by atoms with Crippen LogP contribution in [0.4, 0.5) is 4.39 Å². The van der Waals surface area contributed by atoms with E-state index < -0.39 is 15.7 Å². The molecule has 0 amide bonds. The van der Waals surface area contributed by atoms with Crippen molar-refractivity contribution in [2.24, 2.45) is 0 Å². The van der Waals surface area contributed by atoms with Gasteiger partial charge in [-0.15, -0.1) is 0 Å². The van der Waals surface area contributed by atoms with E-state index in [-0.39, 0.29) is 4.90 Å². The predicted octanol–water partition coefficient (Wildman–Crippen LogP) is 1.52. The lowest BCUT2D eigenvalue weighted by Crippen LogP contribution is -2.18. The Labute approximate surface area is 94.1 Å². The fourth-order valence-electron chi connectivity index (χ4n) is 1.71. The van der Waals surface area contributed by atoms with E-state index in [0.29, 0.717) is 17.0 Å². The molecule has 3 nitrogen and oxygen atoms in total. The first-order valence-corrected chi connectivity index (χ1v) is 6.29. The molecule has 0 fully saturated rings. The summed E-state index contributed by atoms with van der Waals surface area (Å²) in [6, 6.07) is 3.73. The Hall–Kier alpha value is -1.20. The Morgan fingerprint density at radius 3 is 2.62 bits per heavy atom. The summed E-state index contributed by atoms with van der Waals surface area (Å²) in [4.78, 5) is 2.29. The SMILES string of the molecule is CN(C)CC1=Cc2cc(F)ccc2S1(=O)=O. The van der Waals surface area contributed by atoms with E-state index >= 15 is 0 Å². The number of fused-ring (bicyclic) bond motifs is 1. The molecule has 0 bridgehead atoms. The molecule has 0 saturated heterocycles. The average Bonchev–Trinajstić information content (AvgIpc) is 2.37. The van der Waals surface area contributed by atoms with E-state index in [9.17, 15) is 12.8 Å². The summed E-state index contributed by atoms with van der Waals surface area (Å²) >= 11 is 0. The van der Waals surface area contributed by atoms with E-state index in [4.69, 9.17) is 0 Å². The van der Waals surface area contributed by atoms with Gasteiger partial charge in [-0.2, -0.15) is 0 Å². The van der Waals surface area contributed by atoms with Gasteiger partial charge in [0.05, 0.1) is 9.80 Å². The second-order valence-corrected chi connectivity index (χ2v) is 6.01. The summed E-state index contributed by atoms with van der Waals surface area (Å²) in [6.07, 6.45) is 1.54. The standard InChI is InChI=1S/C11H12FNO2S/c1-13(2)7-10-6-8-5-9(12)3-4-11(8)16(10,14)15/h3-6H,7H2,1-2H3. The third-order valence-corrected chi connectivity index (χ3v) is 4.28. The van der Waals surface area contributed by atoms with Gasteiger partial charge >= 0.3 is 0 Å². The van der Waals surface area contributed by atoms with Gasteiger partial charge < -0.3 is 4.90 Å². The highest BCUT2D eigenvalue weighted by molar-refractivity contribution is 7.95. The van der Waals surface area contributed by atoms with Crippen molar-refractivity contribution in [3.05, 3.63) is 34.5 Å².